The predicted octanol–water partition coefficient (Wildman–Crippen LogP) is 1.64. The highest BCUT2D eigenvalue weighted by molar-refractivity contribution is 7.91. The van der Waals surface area contributed by atoms with E-state index in [0.29, 0.717) is 42.8 Å². The summed E-state index contributed by atoms with van der Waals surface area (Å²) in [5.41, 5.74) is 0.938. The minimum Gasteiger partial charge on any atom is -0.486 e. The topological polar surface area (TPSA) is 64.6 Å². The first-order valence-corrected chi connectivity index (χ1v) is 8.71. The van der Waals surface area contributed by atoms with Gasteiger partial charge in [0.1, 0.15) is 13.2 Å². The Labute approximate surface area is 124 Å². The van der Waals surface area contributed by atoms with Gasteiger partial charge in [-0.2, -0.15) is 0 Å². The molecule has 7 heteroatoms. The van der Waals surface area contributed by atoms with Crippen molar-refractivity contribution in [2.75, 3.05) is 31.3 Å². The third kappa shape index (κ3) is 4.01. The Morgan fingerprint density at radius 1 is 1.30 bits per heavy atom. The van der Waals surface area contributed by atoms with Crippen LogP contribution in [0.25, 0.3) is 0 Å². The molecule has 0 amide bonds. The van der Waals surface area contributed by atoms with Gasteiger partial charge in [-0.1, -0.05) is 18.5 Å². The standard InChI is InChI=1S/C13H18ClNO4S/c1-2-20(16,17)6-3-15-9-10-7-11(14)13-12(8-10)18-4-5-19-13/h7-8,15H,2-6,9H2,1H3. The van der Waals surface area contributed by atoms with Crippen LogP contribution in [-0.2, 0) is 16.4 Å². The average Bonchev–Trinajstić information content (AvgIpc) is 2.44. The SMILES string of the molecule is CCS(=O)(=O)CCNCc1cc(Cl)c2c(c1)OCCO2. The van der Waals surface area contributed by atoms with Crippen LogP contribution < -0.4 is 14.8 Å². The molecule has 1 aliphatic rings. The number of ether oxygens (including phenoxy) is 2. The first kappa shape index (κ1) is 15.4. The van der Waals surface area contributed by atoms with Crippen molar-refractivity contribution in [1.82, 2.24) is 5.32 Å². The lowest BCUT2D eigenvalue weighted by Gasteiger charge is -2.20. The molecule has 20 heavy (non-hydrogen) atoms. The molecule has 2 rings (SSSR count). The van der Waals surface area contributed by atoms with Crippen LogP contribution in [-0.4, -0.2) is 39.7 Å². The number of hydrogen-bond acceptors (Lipinski definition) is 5. The Morgan fingerprint density at radius 2 is 2.05 bits per heavy atom. The molecule has 1 heterocycles. The zero-order valence-electron chi connectivity index (χ0n) is 11.3. The number of rotatable bonds is 6. The van der Waals surface area contributed by atoms with E-state index in [4.69, 9.17) is 21.1 Å². The molecule has 0 aromatic heterocycles. The Balaban J connectivity index is 1.92. The molecule has 1 aromatic rings. The molecule has 0 bridgehead atoms. The van der Waals surface area contributed by atoms with Crippen molar-refractivity contribution in [2.45, 2.75) is 13.5 Å². The minimum atomic E-state index is -2.93. The molecule has 1 N–H and O–H groups in total. The Morgan fingerprint density at radius 3 is 2.80 bits per heavy atom. The van der Waals surface area contributed by atoms with Gasteiger partial charge in [-0.25, -0.2) is 8.42 Å². The highest BCUT2D eigenvalue weighted by Crippen LogP contribution is 2.38. The Hall–Kier alpha value is -0.980. The van der Waals surface area contributed by atoms with Crippen molar-refractivity contribution < 1.29 is 17.9 Å². The van der Waals surface area contributed by atoms with Crippen LogP contribution in [0.2, 0.25) is 5.02 Å². The van der Waals surface area contributed by atoms with E-state index < -0.39 is 9.84 Å². The van der Waals surface area contributed by atoms with Crippen LogP contribution in [0.3, 0.4) is 0 Å². The van der Waals surface area contributed by atoms with Crippen LogP contribution in [0.15, 0.2) is 12.1 Å². The normalized spacial score (nSPS) is 14.3. The molecule has 0 atom stereocenters. The summed E-state index contributed by atoms with van der Waals surface area (Å²) >= 11 is 6.13. The summed E-state index contributed by atoms with van der Waals surface area (Å²) < 4.78 is 33.6. The fraction of sp³-hybridized carbons (Fsp3) is 0.538. The molecule has 0 radical (unpaired) electrons. The van der Waals surface area contributed by atoms with Crippen LogP contribution in [0, 0.1) is 0 Å². The van der Waals surface area contributed by atoms with Gasteiger partial charge in [-0.05, 0) is 17.7 Å². The maximum atomic E-state index is 11.4. The van der Waals surface area contributed by atoms with Gasteiger partial charge in [0, 0.05) is 18.8 Å². The lowest BCUT2D eigenvalue weighted by molar-refractivity contribution is 0.171. The third-order valence-electron chi connectivity index (χ3n) is 3.02. The van der Waals surface area contributed by atoms with Gasteiger partial charge in [0.15, 0.2) is 21.3 Å². The first-order chi connectivity index (χ1) is 9.52. The van der Waals surface area contributed by atoms with Crippen molar-refractivity contribution in [3.05, 3.63) is 22.7 Å². The second kappa shape index (κ2) is 6.65. The van der Waals surface area contributed by atoms with Gasteiger partial charge in [-0.15, -0.1) is 0 Å². The van der Waals surface area contributed by atoms with Crippen molar-refractivity contribution >= 4 is 21.4 Å². The number of fused-ring (bicyclic) bond motifs is 1. The van der Waals surface area contributed by atoms with Crippen LogP contribution >= 0.6 is 11.6 Å². The van der Waals surface area contributed by atoms with E-state index in [0.717, 1.165) is 5.56 Å². The number of halogens is 1. The lowest BCUT2D eigenvalue weighted by atomic mass is 10.2. The molecule has 0 aliphatic carbocycles. The molecule has 1 aliphatic heterocycles. The summed E-state index contributed by atoms with van der Waals surface area (Å²) in [6, 6.07) is 3.66. The summed E-state index contributed by atoms with van der Waals surface area (Å²) in [4.78, 5) is 0. The molecule has 0 saturated heterocycles. The summed E-state index contributed by atoms with van der Waals surface area (Å²) in [5.74, 6) is 1.53. The highest BCUT2D eigenvalue weighted by Gasteiger charge is 2.16. The second-order valence-corrected chi connectivity index (χ2v) is 7.39. The fourth-order valence-corrected chi connectivity index (χ4v) is 2.90. The smallest absolute Gasteiger partial charge is 0.179 e. The number of hydrogen-bond donors (Lipinski definition) is 1. The number of nitrogens with one attached hydrogen (secondary N) is 1. The molecular formula is C13H18ClNO4S. The summed E-state index contributed by atoms with van der Waals surface area (Å²) in [5, 5.41) is 3.61. The van der Waals surface area contributed by atoms with E-state index in [9.17, 15) is 8.42 Å². The van der Waals surface area contributed by atoms with Gasteiger partial charge in [0.05, 0.1) is 10.8 Å². The first-order valence-electron chi connectivity index (χ1n) is 6.51. The summed E-state index contributed by atoms with van der Waals surface area (Å²) in [6.45, 7) is 3.61. The van der Waals surface area contributed by atoms with Crippen molar-refractivity contribution in [2.24, 2.45) is 0 Å². The van der Waals surface area contributed by atoms with Crippen LogP contribution in [0.1, 0.15) is 12.5 Å². The Bertz CT molecular complexity index is 574. The molecule has 0 unspecified atom stereocenters. The van der Waals surface area contributed by atoms with Gasteiger partial charge in [-0.3, -0.25) is 0 Å². The molecule has 5 nitrogen and oxygen atoms in total. The van der Waals surface area contributed by atoms with Crippen molar-refractivity contribution in [3.63, 3.8) is 0 Å². The highest BCUT2D eigenvalue weighted by atomic mass is 35.5. The predicted molar refractivity (Wildman–Crippen MR) is 78.5 cm³/mol. The fourth-order valence-electron chi connectivity index (χ4n) is 1.87. The second-order valence-electron chi connectivity index (χ2n) is 4.51. The number of sulfone groups is 1. The van der Waals surface area contributed by atoms with Gasteiger partial charge in [0.25, 0.3) is 0 Å². The van der Waals surface area contributed by atoms with Crippen molar-refractivity contribution in [1.29, 1.82) is 0 Å². The molecular weight excluding hydrogens is 302 g/mol. The lowest BCUT2D eigenvalue weighted by Crippen LogP contribution is -2.23. The van der Waals surface area contributed by atoms with E-state index >= 15 is 0 Å². The minimum absolute atomic E-state index is 0.141. The summed E-state index contributed by atoms with van der Waals surface area (Å²) in [7, 11) is -2.93. The largest absolute Gasteiger partial charge is 0.486 e. The summed E-state index contributed by atoms with van der Waals surface area (Å²) in [6.07, 6.45) is 0. The van der Waals surface area contributed by atoms with E-state index in [1.54, 1.807) is 13.0 Å². The van der Waals surface area contributed by atoms with Gasteiger partial charge in [0.2, 0.25) is 0 Å². The van der Waals surface area contributed by atoms with E-state index in [1.165, 1.54) is 0 Å². The molecule has 112 valence electrons. The van der Waals surface area contributed by atoms with E-state index in [2.05, 4.69) is 5.32 Å². The average molecular weight is 320 g/mol. The van der Waals surface area contributed by atoms with Gasteiger partial charge < -0.3 is 14.8 Å². The molecule has 0 saturated carbocycles. The van der Waals surface area contributed by atoms with E-state index in [-0.39, 0.29) is 11.5 Å². The molecule has 0 fully saturated rings. The third-order valence-corrected chi connectivity index (χ3v) is 5.00. The molecule has 1 aromatic carbocycles. The van der Waals surface area contributed by atoms with Crippen LogP contribution in [0.4, 0.5) is 0 Å². The monoisotopic (exact) mass is 319 g/mol. The zero-order valence-corrected chi connectivity index (χ0v) is 12.9. The molecule has 0 spiro atoms. The maximum absolute atomic E-state index is 11.4. The zero-order chi connectivity index (χ0) is 14.6. The Kier molecular flexibility index (Phi) is 5.12. The maximum Gasteiger partial charge on any atom is 0.179 e. The number of benzene rings is 1. The van der Waals surface area contributed by atoms with Crippen LogP contribution in [0.5, 0.6) is 11.5 Å². The van der Waals surface area contributed by atoms with Gasteiger partial charge >= 0.3 is 0 Å². The van der Waals surface area contributed by atoms with E-state index in [1.807, 2.05) is 6.07 Å². The quantitative estimate of drug-likeness (QED) is 0.807. The van der Waals surface area contributed by atoms with Crippen molar-refractivity contribution in [3.8, 4) is 11.5 Å².